The highest BCUT2D eigenvalue weighted by Crippen LogP contribution is 2.27. The van der Waals surface area contributed by atoms with Crippen molar-refractivity contribution in [2.45, 2.75) is 30.9 Å². The van der Waals surface area contributed by atoms with Crippen LogP contribution in [-0.2, 0) is 37.3 Å². The fourth-order valence-corrected chi connectivity index (χ4v) is 5.63. The zero-order valence-electron chi connectivity index (χ0n) is 18.2. The lowest BCUT2D eigenvalue weighted by Crippen LogP contribution is -2.46. The zero-order valence-corrected chi connectivity index (χ0v) is 19.8. The minimum absolute atomic E-state index is 0.0495. The van der Waals surface area contributed by atoms with Gasteiger partial charge in [-0.15, -0.1) is 0 Å². The summed E-state index contributed by atoms with van der Waals surface area (Å²) in [7, 11) is -3.85. The molecule has 0 bridgehead atoms. The fraction of sp³-hybridized carbons (Fsp3) is 0.391. The highest BCUT2D eigenvalue weighted by molar-refractivity contribution is 7.89. The molecule has 0 aliphatic carbocycles. The molecule has 4 rings (SSSR count). The highest BCUT2D eigenvalue weighted by atomic mass is 35.5. The Morgan fingerprint density at radius 1 is 1.15 bits per heavy atom. The summed E-state index contributed by atoms with van der Waals surface area (Å²) >= 11 is 6.16. The number of morpholine rings is 1. The van der Waals surface area contributed by atoms with Crippen molar-refractivity contribution < 1.29 is 27.5 Å². The number of hydrogen-bond acceptors (Lipinski definition) is 6. The summed E-state index contributed by atoms with van der Waals surface area (Å²) in [6.07, 6.45) is 0.525. The number of carbonyl (C=O) groups is 2. The van der Waals surface area contributed by atoms with Gasteiger partial charge < -0.3 is 14.4 Å². The Hall–Kier alpha value is -2.46. The van der Waals surface area contributed by atoms with Crippen molar-refractivity contribution in [3.63, 3.8) is 0 Å². The van der Waals surface area contributed by atoms with Crippen molar-refractivity contribution in [2.75, 3.05) is 32.8 Å². The first-order chi connectivity index (χ1) is 15.8. The van der Waals surface area contributed by atoms with Crippen LogP contribution in [0.1, 0.15) is 28.4 Å². The molecule has 2 heterocycles. The van der Waals surface area contributed by atoms with Crippen molar-refractivity contribution in [3.8, 4) is 0 Å². The predicted octanol–water partition coefficient (Wildman–Crippen LogP) is 2.49. The minimum atomic E-state index is -3.85. The Kier molecular flexibility index (Phi) is 7.04. The van der Waals surface area contributed by atoms with E-state index >= 15 is 0 Å². The number of sulfonamides is 1. The van der Waals surface area contributed by atoms with E-state index in [1.54, 1.807) is 4.90 Å². The van der Waals surface area contributed by atoms with Gasteiger partial charge in [0.1, 0.15) is 0 Å². The van der Waals surface area contributed by atoms with Gasteiger partial charge >= 0.3 is 5.97 Å². The van der Waals surface area contributed by atoms with E-state index in [-0.39, 0.29) is 34.0 Å². The molecule has 0 spiro atoms. The van der Waals surface area contributed by atoms with Gasteiger partial charge in [0.2, 0.25) is 10.0 Å². The normalized spacial score (nSPS) is 19.1. The lowest BCUT2D eigenvalue weighted by atomic mass is 10.0. The van der Waals surface area contributed by atoms with E-state index in [9.17, 15) is 18.0 Å². The summed E-state index contributed by atoms with van der Waals surface area (Å²) in [5.41, 5.74) is 1.99. The molecule has 176 valence electrons. The van der Waals surface area contributed by atoms with E-state index in [1.807, 2.05) is 31.2 Å². The predicted molar refractivity (Wildman–Crippen MR) is 121 cm³/mol. The minimum Gasteiger partial charge on any atom is -0.452 e. The summed E-state index contributed by atoms with van der Waals surface area (Å²) in [6, 6.07) is 11.7. The van der Waals surface area contributed by atoms with E-state index in [0.717, 1.165) is 11.1 Å². The molecule has 2 aliphatic rings. The second kappa shape index (κ2) is 9.80. The number of carbonyl (C=O) groups excluding carboxylic acids is 2. The van der Waals surface area contributed by atoms with Crippen molar-refractivity contribution in [3.05, 3.63) is 64.2 Å². The number of halogens is 1. The molecule has 8 nitrogen and oxygen atoms in total. The van der Waals surface area contributed by atoms with Crippen LogP contribution in [0.25, 0.3) is 0 Å². The Balaban J connectivity index is 1.47. The molecule has 1 unspecified atom stereocenters. The van der Waals surface area contributed by atoms with Crippen LogP contribution in [-0.4, -0.2) is 68.5 Å². The van der Waals surface area contributed by atoms with Crippen molar-refractivity contribution >= 4 is 33.5 Å². The van der Waals surface area contributed by atoms with Gasteiger partial charge in [0.15, 0.2) is 6.61 Å². The maximum absolute atomic E-state index is 13.2. The topological polar surface area (TPSA) is 93.2 Å². The largest absolute Gasteiger partial charge is 0.452 e. The third-order valence-electron chi connectivity index (χ3n) is 5.81. The number of hydrogen-bond donors (Lipinski definition) is 0. The maximum Gasteiger partial charge on any atom is 0.340 e. The van der Waals surface area contributed by atoms with E-state index in [2.05, 4.69) is 0 Å². The second-order valence-corrected chi connectivity index (χ2v) is 10.4. The van der Waals surface area contributed by atoms with Crippen LogP contribution in [0, 0.1) is 0 Å². The zero-order chi connectivity index (χ0) is 23.6. The molecule has 2 aromatic rings. The average Bonchev–Trinajstić information content (AvgIpc) is 2.82. The number of fused-ring (bicyclic) bond motifs is 1. The van der Waals surface area contributed by atoms with Gasteiger partial charge in [-0.1, -0.05) is 35.9 Å². The molecule has 1 fully saturated rings. The summed E-state index contributed by atoms with van der Waals surface area (Å²) in [6.45, 7) is 3.27. The van der Waals surface area contributed by atoms with Gasteiger partial charge in [-0.2, -0.15) is 4.31 Å². The molecule has 33 heavy (non-hydrogen) atoms. The van der Waals surface area contributed by atoms with E-state index < -0.39 is 22.6 Å². The molecule has 0 N–H and O–H groups in total. The molecular formula is C23H25ClN2O6S. The fourth-order valence-electron chi connectivity index (χ4n) is 3.99. The number of ether oxygens (including phenoxy) is 2. The van der Waals surface area contributed by atoms with Crippen LogP contribution < -0.4 is 0 Å². The Labute approximate surface area is 198 Å². The average molecular weight is 493 g/mol. The number of esters is 1. The van der Waals surface area contributed by atoms with Gasteiger partial charge in [-0.05, 0) is 42.7 Å². The Bertz CT molecular complexity index is 1170. The monoisotopic (exact) mass is 492 g/mol. The molecule has 2 aromatic carbocycles. The number of nitrogens with zero attached hydrogens (tertiary/aromatic N) is 2. The van der Waals surface area contributed by atoms with Crippen LogP contribution in [0.4, 0.5) is 0 Å². The van der Waals surface area contributed by atoms with E-state index in [1.165, 1.54) is 22.5 Å². The molecule has 1 saturated heterocycles. The first-order valence-electron chi connectivity index (χ1n) is 10.7. The molecule has 0 radical (unpaired) electrons. The van der Waals surface area contributed by atoms with E-state index in [0.29, 0.717) is 32.7 Å². The summed E-state index contributed by atoms with van der Waals surface area (Å²) in [5, 5.41) is 0.0513. The summed E-state index contributed by atoms with van der Waals surface area (Å²) in [4.78, 5) is 26.5. The van der Waals surface area contributed by atoms with Gasteiger partial charge in [-0.3, -0.25) is 4.79 Å². The van der Waals surface area contributed by atoms with Crippen LogP contribution in [0.5, 0.6) is 0 Å². The maximum atomic E-state index is 13.2. The molecule has 2 aliphatic heterocycles. The van der Waals surface area contributed by atoms with Crippen LogP contribution in [0.2, 0.25) is 5.02 Å². The number of benzene rings is 2. The molecule has 10 heteroatoms. The molecule has 1 atom stereocenters. The Morgan fingerprint density at radius 3 is 2.67 bits per heavy atom. The highest BCUT2D eigenvalue weighted by Gasteiger charge is 2.30. The molecular weight excluding hydrogens is 468 g/mol. The third-order valence-corrected chi connectivity index (χ3v) is 7.98. The van der Waals surface area contributed by atoms with E-state index in [4.69, 9.17) is 21.1 Å². The quantitative estimate of drug-likeness (QED) is 0.595. The number of amides is 1. The van der Waals surface area contributed by atoms with Crippen molar-refractivity contribution in [1.29, 1.82) is 0 Å². The summed E-state index contributed by atoms with van der Waals surface area (Å²) < 4.78 is 38.4. The van der Waals surface area contributed by atoms with Gasteiger partial charge in [0.05, 0.1) is 28.2 Å². The van der Waals surface area contributed by atoms with Crippen LogP contribution in [0.15, 0.2) is 47.4 Å². The third kappa shape index (κ3) is 5.22. The SMILES string of the molecule is CC1CN(C(=O)COC(=O)c2cc(S(=O)(=O)N3CCc4ccccc4C3)ccc2Cl)CCO1. The molecule has 0 saturated carbocycles. The Morgan fingerprint density at radius 2 is 1.91 bits per heavy atom. The van der Waals surface area contributed by atoms with Crippen molar-refractivity contribution in [1.82, 2.24) is 9.21 Å². The lowest BCUT2D eigenvalue weighted by molar-refractivity contribution is -0.141. The lowest BCUT2D eigenvalue weighted by Gasteiger charge is -2.30. The van der Waals surface area contributed by atoms with Gasteiger partial charge in [-0.25, -0.2) is 13.2 Å². The molecule has 0 aromatic heterocycles. The summed E-state index contributed by atoms with van der Waals surface area (Å²) in [5.74, 6) is -1.19. The van der Waals surface area contributed by atoms with Gasteiger partial charge in [0.25, 0.3) is 5.91 Å². The van der Waals surface area contributed by atoms with Crippen LogP contribution >= 0.6 is 11.6 Å². The van der Waals surface area contributed by atoms with Crippen LogP contribution in [0.3, 0.4) is 0 Å². The number of rotatable bonds is 5. The van der Waals surface area contributed by atoms with Gasteiger partial charge in [0, 0.05) is 26.2 Å². The standard InChI is InChI=1S/C23H25ClN2O6S/c1-16-13-25(10-11-31-16)22(27)15-32-23(28)20-12-19(6-7-21(20)24)33(29,30)26-9-8-17-4-2-3-5-18(17)14-26/h2-7,12,16H,8-11,13-15H2,1H3. The smallest absolute Gasteiger partial charge is 0.340 e. The first-order valence-corrected chi connectivity index (χ1v) is 12.5. The van der Waals surface area contributed by atoms with Crippen molar-refractivity contribution in [2.24, 2.45) is 0 Å². The first kappa shape index (κ1) is 23.7. The molecule has 1 amide bonds. The second-order valence-electron chi connectivity index (χ2n) is 8.10.